The maximum absolute atomic E-state index is 12.9. The van der Waals surface area contributed by atoms with E-state index in [9.17, 15) is 13.2 Å². The van der Waals surface area contributed by atoms with Crippen LogP contribution in [0, 0.1) is 6.92 Å². The summed E-state index contributed by atoms with van der Waals surface area (Å²) in [6.07, 6.45) is -0.0636. The van der Waals surface area contributed by atoms with Crippen LogP contribution in [0.25, 0.3) is 10.2 Å². The van der Waals surface area contributed by atoms with Gasteiger partial charge in [-0.15, -0.1) is 11.3 Å². The number of nitrogens with zero attached hydrogens (tertiary/aromatic N) is 2. The van der Waals surface area contributed by atoms with Gasteiger partial charge in [0.1, 0.15) is 16.5 Å². The second-order valence-electron chi connectivity index (χ2n) is 6.21. The first-order chi connectivity index (χ1) is 11.9. The van der Waals surface area contributed by atoms with Crippen LogP contribution in [0.2, 0.25) is 0 Å². The van der Waals surface area contributed by atoms with Gasteiger partial charge >= 0.3 is 6.18 Å². The molecular weight excluding hydrogens is 347 g/mol. The van der Waals surface area contributed by atoms with E-state index in [-0.39, 0.29) is 0 Å². The number of fused-ring (bicyclic) bond motifs is 3. The predicted molar refractivity (Wildman–Crippen MR) is 93.5 cm³/mol. The topological polar surface area (TPSA) is 37.8 Å². The molecule has 1 aliphatic carbocycles. The highest BCUT2D eigenvalue weighted by Gasteiger charge is 2.30. The molecule has 0 atom stereocenters. The van der Waals surface area contributed by atoms with E-state index >= 15 is 0 Å². The monoisotopic (exact) mass is 363 g/mol. The van der Waals surface area contributed by atoms with Gasteiger partial charge in [-0.3, -0.25) is 0 Å². The molecule has 0 amide bonds. The highest BCUT2D eigenvalue weighted by Crippen LogP contribution is 2.39. The molecule has 2 aromatic heterocycles. The first-order valence-electron chi connectivity index (χ1n) is 8.15. The van der Waals surface area contributed by atoms with Gasteiger partial charge in [-0.05, 0) is 56.4 Å². The van der Waals surface area contributed by atoms with Crippen molar-refractivity contribution in [3.8, 4) is 0 Å². The van der Waals surface area contributed by atoms with Crippen LogP contribution in [0.15, 0.2) is 24.3 Å². The number of nitrogens with one attached hydrogen (secondary N) is 1. The molecule has 1 N–H and O–H groups in total. The van der Waals surface area contributed by atoms with Crippen LogP contribution in [-0.4, -0.2) is 9.97 Å². The smallest absolute Gasteiger partial charge is 0.340 e. The number of rotatable bonds is 2. The van der Waals surface area contributed by atoms with E-state index in [1.54, 1.807) is 24.3 Å². The molecule has 1 aromatic carbocycles. The van der Waals surface area contributed by atoms with Gasteiger partial charge in [-0.25, -0.2) is 9.97 Å². The van der Waals surface area contributed by atoms with Crippen LogP contribution in [0.3, 0.4) is 0 Å². The minimum absolute atomic E-state index is 0.380. The Hall–Kier alpha value is -2.15. The quantitative estimate of drug-likeness (QED) is 0.640. The molecule has 0 radical (unpaired) electrons. The molecule has 4 rings (SSSR count). The summed E-state index contributed by atoms with van der Waals surface area (Å²) >= 11 is 1.67. The van der Waals surface area contributed by atoms with Crippen molar-refractivity contribution in [3.63, 3.8) is 0 Å². The van der Waals surface area contributed by atoms with Crippen LogP contribution in [0.5, 0.6) is 0 Å². The van der Waals surface area contributed by atoms with Crippen molar-refractivity contribution in [1.82, 2.24) is 9.97 Å². The molecule has 0 saturated heterocycles. The number of hydrogen-bond acceptors (Lipinski definition) is 4. The van der Waals surface area contributed by atoms with Crippen LogP contribution in [-0.2, 0) is 19.0 Å². The summed E-state index contributed by atoms with van der Waals surface area (Å²) in [5, 5.41) is 4.05. The molecule has 0 aliphatic heterocycles. The Morgan fingerprint density at radius 1 is 1.12 bits per heavy atom. The predicted octanol–water partition coefficient (Wildman–Crippen LogP) is 5.64. The molecule has 0 fully saturated rings. The molecule has 0 bridgehead atoms. The van der Waals surface area contributed by atoms with E-state index < -0.39 is 11.7 Å². The van der Waals surface area contributed by atoms with E-state index in [2.05, 4.69) is 15.3 Å². The zero-order chi connectivity index (χ0) is 17.6. The van der Waals surface area contributed by atoms with Crippen LogP contribution in [0.4, 0.5) is 24.7 Å². The number of aromatic nitrogens is 2. The molecule has 3 aromatic rings. The molecule has 7 heteroatoms. The van der Waals surface area contributed by atoms with Crippen molar-refractivity contribution in [2.45, 2.75) is 38.8 Å². The summed E-state index contributed by atoms with van der Waals surface area (Å²) in [5.74, 6) is 1.21. The fraction of sp³-hybridized carbons (Fsp3) is 0.333. The van der Waals surface area contributed by atoms with Gasteiger partial charge in [0.2, 0.25) is 0 Å². The minimum atomic E-state index is -4.36. The number of alkyl halides is 3. The maximum Gasteiger partial charge on any atom is 0.416 e. The number of hydrogen-bond donors (Lipinski definition) is 1. The zero-order valence-corrected chi connectivity index (χ0v) is 14.4. The van der Waals surface area contributed by atoms with Gasteiger partial charge in [0.15, 0.2) is 0 Å². The Kier molecular flexibility index (Phi) is 3.91. The first-order valence-corrected chi connectivity index (χ1v) is 8.96. The zero-order valence-electron chi connectivity index (χ0n) is 13.6. The van der Waals surface area contributed by atoms with Gasteiger partial charge in [-0.2, -0.15) is 13.2 Å². The van der Waals surface area contributed by atoms with Crippen molar-refractivity contribution in [1.29, 1.82) is 0 Å². The Balaban J connectivity index is 1.80. The standard InChI is InChI=1S/C18H16F3N3S/c1-10-22-16(24-12-6-4-5-11(9-12)18(19,20)21)15-13-7-2-3-8-14(13)25-17(15)23-10/h4-6,9H,2-3,7-8H2,1H3,(H,22,23,24). The molecule has 0 unspecified atom stereocenters. The van der Waals surface area contributed by atoms with Crippen LogP contribution >= 0.6 is 11.3 Å². The molecular formula is C18H16F3N3S. The van der Waals surface area contributed by atoms with Gasteiger partial charge in [0.25, 0.3) is 0 Å². The third-order valence-electron chi connectivity index (χ3n) is 4.38. The SMILES string of the molecule is Cc1nc(Nc2cccc(C(F)(F)F)c2)c2c3c(sc2n1)CCCC3. The number of halogens is 3. The lowest BCUT2D eigenvalue weighted by Crippen LogP contribution is -2.06. The largest absolute Gasteiger partial charge is 0.416 e. The second kappa shape index (κ2) is 5.98. The summed E-state index contributed by atoms with van der Waals surface area (Å²) in [5.41, 5.74) is 0.956. The Bertz CT molecular complexity index is 947. The van der Waals surface area contributed by atoms with E-state index in [4.69, 9.17) is 0 Å². The fourth-order valence-corrected chi connectivity index (χ4v) is 4.57. The van der Waals surface area contributed by atoms with E-state index in [1.165, 1.54) is 22.9 Å². The van der Waals surface area contributed by atoms with Crippen molar-refractivity contribution >= 4 is 33.1 Å². The van der Waals surface area contributed by atoms with Gasteiger partial charge in [-0.1, -0.05) is 6.07 Å². The van der Waals surface area contributed by atoms with Crippen molar-refractivity contribution in [2.24, 2.45) is 0 Å². The van der Waals surface area contributed by atoms with E-state index in [0.717, 1.165) is 41.6 Å². The van der Waals surface area contributed by atoms with Crippen molar-refractivity contribution in [2.75, 3.05) is 5.32 Å². The lowest BCUT2D eigenvalue weighted by molar-refractivity contribution is -0.137. The number of anilines is 2. The minimum Gasteiger partial charge on any atom is -0.340 e. The van der Waals surface area contributed by atoms with Gasteiger partial charge in [0, 0.05) is 10.6 Å². The van der Waals surface area contributed by atoms with Gasteiger partial charge < -0.3 is 5.32 Å². The van der Waals surface area contributed by atoms with Crippen molar-refractivity contribution in [3.05, 3.63) is 46.1 Å². The highest BCUT2D eigenvalue weighted by molar-refractivity contribution is 7.19. The molecule has 0 saturated carbocycles. The molecule has 1 aliphatic rings. The second-order valence-corrected chi connectivity index (χ2v) is 7.30. The first kappa shape index (κ1) is 16.3. The Morgan fingerprint density at radius 2 is 1.92 bits per heavy atom. The fourth-order valence-electron chi connectivity index (χ4n) is 3.26. The summed E-state index contributed by atoms with van der Waals surface area (Å²) in [6.45, 7) is 1.80. The number of aryl methyl sites for hydroxylation is 3. The Labute approximate surface area is 146 Å². The highest BCUT2D eigenvalue weighted by atomic mass is 32.1. The Morgan fingerprint density at radius 3 is 2.72 bits per heavy atom. The summed E-state index contributed by atoms with van der Waals surface area (Å²) in [4.78, 5) is 11.2. The van der Waals surface area contributed by atoms with Crippen LogP contribution < -0.4 is 5.32 Å². The summed E-state index contributed by atoms with van der Waals surface area (Å²) < 4.78 is 38.8. The maximum atomic E-state index is 12.9. The summed E-state index contributed by atoms with van der Waals surface area (Å²) in [6, 6.07) is 5.21. The van der Waals surface area contributed by atoms with E-state index in [0.29, 0.717) is 17.3 Å². The lowest BCUT2D eigenvalue weighted by Gasteiger charge is -2.14. The normalized spacial score (nSPS) is 14.6. The van der Waals surface area contributed by atoms with Crippen molar-refractivity contribution < 1.29 is 13.2 Å². The molecule has 130 valence electrons. The molecule has 0 spiro atoms. The average molecular weight is 363 g/mol. The molecule has 3 nitrogen and oxygen atoms in total. The third-order valence-corrected chi connectivity index (χ3v) is 5.56. The number of benzene rings is 1. The molecule has 2 heterocycles. The molecule has 25 heavy (non-hydrogen) atoms. The van der Waals surface area contributed by atoms with Gasteiger partial charge in [0.05, 0.1) is 10.9 Å². The van der Waals surface area contributed by atoms with E-state index in [1.807, 2.05) is 0 Å². The lowest BCUT2D eigenvalue weighted by atomic mass is 9.97. The van der Waals surface area contributed by atoms with Crippen LogP contribution in [0.1, 0.15) is 34.7 Å². The average Bonchev–Trinajstić information content (AvgIpc) is 2.92. The number of thiophene rings is 1. The summed E-state index contributed by atoms with van der Waals surface area (Å²) in [7, 11) is 0. The third kappa shape index (κ3) is 3.08.